The van der Waals surface area contributed by atoms with Crippen LogP contribution in [0.5, 0.6) is 0 Å². The van der Waals surface area contributed by atoms with Gasteiger partial charge in [0.25, 0.3) is 0 Å². The molecule has 27 heavy (non-hydrogen) atoms. The number of aromatic nitrogens is 3. The number of hydrogen-bond acceptors (Lipinski definition) is 5. The first-order valence-electron chi connectivity index (χ1n) is 8.49. The number of carbonyl (C=O) groups is 1. The van der Waals surface area contributed by atoms with E-state index in [-0.39, 0.29) is 0 Å². The second kappa shape index (κ2) is 5.90. The smallest absolute Gasteiger partial charge is 0.419 e. The molecule has 0 saturated carbocycles. The summed E-state index contributed by atoms with van der Waals surface area (Å²) in [7, 11) is 0. The first kappa shape index (κ1) is 17.2. The molecule has 0 aliphatic heterocycles. The van der Waals surface area contributed by atoms with E-state index in [1.807, 2.05) is 6.07 Å². The Hall–Kier alpha value is -3.22. The van der Waals surface area contributed by atoms with Crippen LogP contribution in [0.25, 0.3) is 33.3 Å². The molecule has 0 aliphatic rings. The summed E-state index contributed by atoms with van der Waals surface area (Å²) in [6, 6.07) is 6.14. The number of hydrogen-bond donors (Lipinski definition) is 0. The standard InChI is InChI=1S/C20H18FN3O3/c1-11-23-16-7-12(9-22-18(16)26-11)15-10-24(19(25)27-20(2,3)4)17-8-13(21)5-6-14(15)17/h5-10H,1-4H3. The molecule has 1 aromatic carbocycles. The highest BCUT2D eigenvalue weighted by Gasteiger charge is 2.22. The highest BCUT2D eigenvalue weighted by Crippen LogP contribution is 2.32. The van der Waals surface area contributed by atoms with E-state index in [1.54, 1.807) is 46.2 Å². The number of halogens is 1. The molecule has 0 N–H and O–H groups in total. The number of aryl methyl sites for hydroxylation is 1. The van der Waals surface area contributed by atoms with Crippen LogP contribution in [0.2, 0.25) is 0 Å². The van der Waals surface area contributed by atoms with Gasteiger partial charge in [-0.3, -0.25) is 4.57 Å². The summed E-state index contributed by atoms with van der Waals surface area (Å²) in [5.74, 6) is 0.0885. The molecule has 0 saturated heterocycles. The molecule has 0 aliphatic carbocycles. The van der Waals surface area contributed by atoms with Crippen molar-refractivity contribution in [2.75, 3.05) is 0 Å². The molecule has 0 unspecified atom stereocenters. The average Bonchev–Trinajstić information content (AvgIpc) is 3.11. The first-order chi connectivity index (χ1) is 12.7. The molecule has 0 bridgehead atoms. The van der Waals surface area contributed by atoms with E-state index in [9.17, 15) is 9.18 Å². The Balaban J connectivity index is 1.91. The summed E-state index contributed by atoms with van der Waals surface area (Å²) < 4.78 is 26.0. The fourth-order valence-electron chi connectivity index (χ4n) is 2.97. The minimum atomic E-state index is -0.667. The normalized spacial score (nSPS) is 12.0. The summed E-state index contributed by atoms with van der Waals surface area (Å²) in [5.41, 5.74) is 2.29. The van der Waals surface area contributed by atoms with E-state index in [1.165, 1.54) is 16.7 Å². The van der Waals surface area contributed by atoms with Gasteiger partial charge in [0.05, 0.1) is 5.52 Å². The van der Waals surface area contributed by atoms with Crippen molar-refractivity contribution in [1.82, 2.24) is 14.5 Å². The Morgan fingerprint density at radius 1 is 1.26 bits per heavy atom. The maximum absolute atomic E-state index is 13.8. The zero-order valence-electron chi connectivity index (χ0n) is 15.4. The van der Waals surface area contributed by atoms with Gasteiger partial charge in [0, 0.05) is 35.8 Å². The Morgan fingerprint density at radius 3 is 2.78 bits per heavy atom. The summed E-state index contributed by atoms with van der Waals surface area (Å²) in [6.45, 7) is 7.09. The Kier molecular flexibility index (Phi) is 3.76. The lowest BCUT2D eigenvalue weighted by molar-refractivity contribution is 0.0544. The number of fused-ring (bicyclic) bond motifs is 2. The van der Waals surface area contributed by atoms with Crippen molar-refractivity contribution in [3.63, 3.8) is 0 Å². The summed E-state index contributed by atoms with van der Waals surface area (Å²) in [6.07, 6.45) is 2.70. The van der Waals surface area contributed by atoms with Crippen LogP contribution in [0, 0.1) is 12.7 Å². The molecule has 0 spiro atoms. The predicted molar refractivity (Wildman–Crippen MR) is 99.1 cm³/mol. The van der Waals surface area contributed by atoms with E-state index in [0.717, 1.165) is 11.1 Å². The minimum Gasteiger partial charge on any atom is -0.443 e. The second-order valence-corrected chi connectivity index (χ2v) is 7.34. The molecule has 3 aromatic heterocycles. The summed E-state index contributed by atoms with van der Waals surface area (Å²) in [4.78, 5) is 21.2. The highest BCUT2D eigenvalue weighted by molar-refractivity contribution is 6.01. The Labute approximate surface area is 154 Å². The third kappa shape index (κ3) is 3.16. The minimum absolute atomic E-state index is 0.427. The van der Waals surface area contributed by atoms with Gasteiger partial charge in [-0.25, -0.2) is 19.2 Å². The topological polar surface area (TPSA) is 70.2 Å². The van der Waals surface area contributed by atoms with Gasteiger partial charge in [-0.1, -0.05) is 0 Å². The molecule has 6 nitrogen and oxygen atoms in total. The van der Waals surface area contributed by atoms with Gasteiger partial charge in [0.1, 0.15) is 16.9 Å². The molecular formula is C20H18FN3O3. The molecular weight excluding hydrogens is 349 g/mol. The van der Waals surface area contributed by atoms with E-state index in [4.69, 9.17) is 9.15 Å². The maximum Gasteiger partial charge on any atom is 0.419 e. The quantitative estimate of drug-likeness (QED) is 0.469. The van der Waals surface area contributed by atoms with Crippen molar-refractivity contribution in [3.05, 3.63) is 48.4 Å². The summed E-state index contributed by atoms with van der Waals surface area (Å²) >= 11 is 0. The van der Waals surface area contributed by atoms with Gasteiger partial charge in [-0.15, -0.1) is 0 Å². The van der Waals surface area contributed by atoms with Gasteiger partial charge in [-0.05, 0) is 45.0 Å². The fraction of sp³-hybridized carbons (Fsp3) is 0.250. The molecule has 4 rings (SSSR count). The lowest BCUT2D eigenvalue weighted by atomic mass is 10.1. The van der Waals surface area contributed by atoms with Gasteiger partial charge in [-0.2, -0.15) is 0 Å². The van der Waals surface area contributed by atoms with Crippen LogP contribution in [-0.2, 0) is 4.74 Å². The fourth-order valence-corrected chi connectivity index (χ4v) is 2.97. The zero-order valence-corrected chi connectivity index (χ0v) is 15.4. The third-order valence-corrected chi connectivity index (χ3v) is 4.02. The monoisotopic (exact) mass is 367 g/mol. The van der Waals surface area contributed by atoms with Gasteiger partial charge in [0.2, 0.25) is 5.71 Å². The second-order valence-electron chi connectivity index (χ2n) is 7.34. The molecule has 0 radical (unpaired) electrons. The Morgan fingerprint density at radius 2 is 2.04 bits per heavy atom. The number of rotatable bonds is 1. The van der Waals surface area contributed by atoms with E-state index >= 15 is 0 Å². The van der Waals surface area contributed by atoms with Gasteiger partial charge >= 0.3 is 6.09 Å². The van der Waals surface area contributed by atoms with E-state index < -0.39 is 17.5 Å². The number of benzene rings is 1. The van der Waals surface area contributed by atoms with Crippen molar-refractivity contribution in [3.8, 4) is 11.1 Å². The van der Waals surface area contributed by atoms with Crippen LogP contribution in [0.1, 0.15) is 26.7 Å². The lowest BCUT2D eigenvalue weighted by Crippen LogP contribution is -2.26. The number of pyridine rings is 1. The number of carbonyl (C=O) groups excluding carboxylic acids is 1. The van der Waals surface area contributed by atoms with Crippen LogP contribution in [0.15, 0.2) is 41.1 Å². The molecule has 7 heteroatoms. The number of oxazole rings is 1. The van der Waals surface area contributed by atoms with E-state index in [2.05, 4.69) is 9.97 Å². The predicted octanol–water partition coefficient (Wildman–Crippen LogP) is 5.08. The highest BCUT2D eigenvalue weighted by atomic mass is 19.1. The van der Waals surface area contributed by atoms with Crippen molar-refractivity contribution in [2.24, 2.45) is 0 Å². The van der Waals surface area contributed by atoms with Gasteiger partial charge < -0.3 is 9.15 Å². The van der Waals surface area contributed by atoms with Crippen LogP contribution in [-0.4, -0.2) is 26.2 Å². The molecule has 4 aromatic rings. The molecule has 0 fully saturated rings. The lowest BCUT2D eigenvalue weighted by Gasteiger charge is -2.19. The molecule has 0 amide bonds. The largest absolute Gasteiger partial charge is 0.443 e. The van der Waals surface area contributed by atoms with Crippen LogP contribution in [0.3, 0.4) is 0 Å². The molecule has 3 heterocycles. The first-order valence-corrected chi connectivity index (χ1v) is 8.49. The van der Waals surface area contributed by atoms with Crippen molar-refractivity contribution < 1.29 is 18.3 Å². The van der Waals surface area contributed by atoms with Crippen molar-refractivity contribution in [2.45, 2.75) is 33.3 Å². The Bertz CT molecular complexity index is 1180. The third-order valence-electron chi connectivity index (χ3n) is 4.02. The molecule has 0 atom stereocenters. The zero-order chi connectivity index (χ0) is 19.3. The van der Waals surface area contributed by atoms with Crippen LogP contribution >= 0.6 is 0 Å². The summed E-state index contributed by atoms with van der Waals surface area (Å²) in [5, 5.41) is 0.712. The maximum atomic E-state index is 13.8. The van der Waals surface area contributed by atoms with Crippen LogP contribution < -0.4 is 0 Å². The molecule has 138 valence electrons. The van der Waals surface area contributed by atoms with Crippen molar-refractivity contribution in [1.29, 1.82) is 0 Å². The average molecular weight is 367 g/mol. The van der Waals surface area contributed by atoms with E-state index in [0.29, 0.717) is 28.0 Å². The SMILES string of the molecule is Cc1nc2cc(-c3cn(C(=O)OC(C)(C)C)c4cc(F)ccc34)cnc2o1. The van der Waals surface area contributed by atoms with Crippen molar-refractivity contribution >= 4 is 28.2 Å². The number of ether oxygens (including phenoxy) is 1. The number of nitrogens with zero attached hydrogens (tertiary/aromatic N) is 3. The van der Waals surface area contributed by atoms with Gasteiger partial charge in [0.15, 0.2) is 5.89 Å². The van der Waals surface area contributed by atoms with Crippen LogP contribution in [0.4, 0.5) is 9.18 Å².